The van der Waals surface area contributed by atoms with Crippen LogP contribution in [0.3, 0.4) is 0 Å². The first kappa shape index (κ1) is 14.6. The summed E-state index contributed by atoms with van der Waals surface area (Å²) < 4.78 is 16.3. The molecule has 1 saturated heterocycles. The fraction of sp³-hybridized carbons (Fsp3) is 0.467. The number of nitrogens with zero attached hydrogens (tertiary/aromatic N) is 1. The molecule has 2 aliphatic rings. The van der Waals surface area contributed by atoms with Crippen molar-refractivity contribution in [3.8, 4) is 11.5 Å². The first-order valence-corrected chi connectivity index (χ1v) is 7.16. The highest BCUT2D eigenvalue weighted by molar-refractivity contribution is 5.95. The van der Waals surface area contributed by atoms with E-state index in [0.717, 1.165) is 0 Å². The molecule has 1 aromatic rings. The summed E-state index contributed by atoms with van der Waals surface area (Å²) in [7, 11) is 0. The highest BCUT2D eigenvalue weighted by atomic mass is 16.6. The quantitative estimate of drug-likeness (QED) is 0.888. The topological polar surface area (TPSA) is 85.3 Å². The van der Waals surface area contributed by atoms with Gasteiger partial charge in [-0.05, 0) is 18.2 Å². The van der Waals surface area contributed by atoms with Crippen LogP contribution in [0.2, 0.25) is 0 Å². The number of amides is 1. The molecule has 7 heteroatoms. The summed E-state index contributed by atoms with van der Waals surface area (Å²) in [5, 5.41) is 8.83. The molecule has 118 valence electrons. The van der Waals surface area contributed by atoms with Crippen LogP contribution < -0.4 is 9.47 Å². The molecule has 2 aliphatic heterocycles. The van der Waals surface area contributed by atoms with E-state index in [0.29, 0.717) is 43.4 Å². The standard InChI is InChI=1S/C15H17NO6/c17-14(18)8-11-9-16(3-4-20-11)15(19)10-1-2-12-13(7-10)22-6-5-21-12/h1-2,7,11H,3-6,8-9H2,(H,17,18)/t11-/m1/s1. The Hall–Kier alpha value is -2.28. The molecule has 1 atom stereocenters. The number of carbonyl (C=O) groups is 2. The van der Waals surface area contributed by atoms with Gasteiger partial charge in [-0.25, -0.2) is 0 Å². The second-order valence-corrected chi connectivity index (χ2v) is 5.20. The number of carboxylic acid groups (broad SMARTS) is 1. The maximum Gasteiger partial charge on any atom is 0.306 e. The number of hydrogen-bond acceptors (Lipinski definition) is 5. The van der Waals surface area contributed by atoms with Crippen LogP contribution in [0.5, 0.6) is 11.5 Å². The molecule has 0 aromatic heterocycles. The summed E-state index contributed by atoms with van der Waals surface area (Å²) >= 11 is 0. The van der Waals surface area contributed by atoms with Crippen molar-refractivity contribution in [1.82, 2.24) is 4.90 Å². The molecular weight excluding hydrogens is 290 g/mol. The van der Waals surface area contributed by atoms with E-state index in [1.165, 1.54) is 0 Å². The van der Waals surface area contributed by atoms with Crippen LogP contribution in [0, 0.1) is 0 Å². The molecule has 1 aromatic carbocycles. The number of ether oxygens (including phenoxy) is 3. The third-order valence-electron chi connectivity index (χ3n) is 3.62. The highest BCUT2D eigenvalue weighted by Crippen LogP contribution is 2.31. The fourth-order valence-electron chi connectivity index (χ4n) is 2.58. The van der Waals surface area contributed by atoms with Gasteiger partial charge in [-0.1, -0.05) is 0 Å². The van der Waals surface area contributed by atoms with Crippen molar-refractivity contribution in [2.75, 3.05) is 32.9 Å². The third kappa shape index (κ3) is 3.14. The Kier molecular flexibility index (Phi) is 4.15. The molecule has 7 nitrogen and oxygen atoms in total. The predicted molar refractivity (Wildman–Crippen MR) is 75.3 cm³/mol. The van der Waals surface area contributed by atoms with Crippen LogP contribution in [0.25, 0.3) is 0 Å². The largest absolute Gasteiger partial charge is 0.486 e. The number of carboxylic acids is 1. The van der Waals surface area contributed by atoms with E-state index >= 15 is 0 Å². The number of carbonyl (C=O) groups excluding carboxylic acids is 1. The Morgan fingerprint density at radius 2 is 1.95 bits per heavy atom. The van der Waals surface area contributed by atoms with Crippen molar-refractivity contribution in [3.63, 3.8) is 0 Å². The van der Waals surface area contributed by atoms with E-state index in [4.69, 9.17) is 19.3 Å². The molecule has 0 radical (unpaired) electrons. The Labute approximate surface area is 127 Å². The molecule has 0 bridgehead atoms. The van der Waals surface area contributed by atoms with Gasteiger partial charge >= 0.3 is 5.97 Å². The van der Waals surface area contributed by atoms with Crippen LogP contribution in [-0.2, 0) is 9.53 Å². The Morgan fingerprint density at radius 3 is 2.73 bits per heavy atom. The zero-order chi connectivity index (χ0) is 15.5. The summed E-state index contributed by atoms with van der Waals surface area (Å²) in [5.41, 5.74) is 0.500. The summed E-state index contributed by atoms with van der Waals surface area (Å²) in [6.07, 6.45) is -0.572. The molecule has 22 heavy (non-hydrogen) atoms. The van der Waals surface area contributed by atoms with E-state index in [9.17, 15) is 9.59 Å². The molecule has 1 fully saturated rings. The number of aliphatic carboxylic acids is 1. The van der Waals surface area contributed by atoms with E-state index < -0.39 is 12.1 Å². The third-order valence-corrected chi connectivity index (χ3v) is 3.62. The molecule has 2 heterocycles. The van der Waals surface area contributed by atoms with Crippen LogP contribution in [0.4, 0.5) is 0 Å². The lowest BCUT2D eigenvalue weighted by molar-refractivity contribution is -0.141. The molecule has 0 unspecified atom stereocenters. The van der Waals surface area contributed by atoms with Gasteiger partial charge in [0.2, 0.25) is 0 Å². The van der Waals surface area contributed by atoms with Gasteiger partial charge in [0.05, 0.1) is 19.1 Å². The minimum Gasteiger partial charge on any atom is -0.486 e. The predicted octanol–water partition coefficient (Wildman–Crippen LogP) is 0.773. The number of morpholine rings is 1. The van der Waals surface area contributed by atoms with Crippen molar-refractivity contribution in [1.29, 1.82) is 0 Å². The van der Waals surface area contributed by atoms with Crippen molar-refractivity contribution >= 4 is 11.9 Å². The smallest absolute Gasteiger partial charge is 0.306 e. The van der Waals surface area contributed by atoms with Gasteiger partial charge in [0.1, 0.15) is 13.2 Å². The average Bonchev–Trinajstić information content (AvgIpc) is 2.53. The van der Waals surface area contributed by atoms with Gasteiger partial charge in [-0.3, -0.25) is 9.59 Å². The molecular formula is C15H17NO6. The van der Waals surface area contributed by atoms with Gasteiger partial charge in [0.15, 0.2) is 11.5 Å². The second-order valence-electron chi connectivity index (χ2n) is 5.20. The van der Waals surface area contributed by atoms with Crippen LogP contribution >= 0.6 is 0 Å². The van der Waals surface area contributed by atoms with Crippen LogP contribution in [0.15, 0.2) is 18.2 Å². The van der Waals surface area contributed by atoms with Crippen LogP contribution in [0.1, 0.15) is 16.8 Å². The van der Waals surface area contributed by atoms with Crippen molar-refractivity contribution < 1.29 is 28.9 Å². The number of hydrogen-bond donors (Lipinski definition) is 1. The van der Waals surface area contributed by atoms with E-state index in [2.05, 4.69) is 0 Å². The van der Waals surface area contributed by atoms with Crippen molar-refractivity contribution in [2.24, 2.45) is 0 Å². The maximum atomic E-state index is 12.5. The van der Waals surface area contributed by atoms with Crippen LogP contribution in [-0.4, -0.2) is 60.9 Å². The van der Waals surface area contributed by atoms with E-state index in [1.54, 1.807) is 23.1 Å². The molecule has 0 aliphatic carbocycles. The summed E-state index contributed by atoms with van der Waals surface area (Å²) in [4.78, 5) is 24.9. The molecule has 0 saturated carbocycles. The zero-order valence-electron chi connectivity index (χ0n) is 12.0. The second kappa shape index (κ2) is 6.23. The first-order valence-electron chi connectivity index (χ1n) is 7.16. The first-order chi connectivity index (χ1) is 10.6. The minimum atomic E-state index is -0.932. The molecule has 3 rings (SSSR count). The normalized spacial score (nSPS) is 20.5. The lowest BCUT2D eigenvalue weighted by Gasteiger charge is -2.32. The monoisotopic (exact) mass is 307 g/mol. The Bertz CT molecular complexity index is 587. The molecule has 1 N–H and O–H groups in total. The van der Waals surface area contributed by atoms with Gasteiger partial charge in [0.25, 0.3) is 5.91 Å². The number of fused-ring (bicyclic) bond motifs is 1. The fourth-order valence-corrected chi connectivity index (χ4v) is 2.58. The van der Waals surface area contributed by atoms with E-state index in [-0.39, 0.29) is 18.9 Å². The lowest BCUT2D eigenvalue weighted by Crippen LogP contribution is -2.46. The SMILES string of the molecule is O=C(O)C[C@@H]1CN(C(=O)c2ccc3c(c2)OCCO3)CCO1. The van der Waals surface area contributed by atoms with Gasteiger partial charge in [-0.2, -0.15) is 0 Å². The Balaban J connectivity index is 1.71. The molecule has 0 spiro atoms. The zero-order valence-corrected chi connectivity index (χ0v) is 12.0. The summed E-state index contributed by atoms with van der Waals surface area (Å²) in [6, 6.07) is 5.08. The highest BCUT2D eigenvalue weighted by Gasteiger charge is 2.27. The lowest BCUT2D eigenvalue weighted by atomic mass is 10.1. The van der Waals surface area contributed by atoms with Gasteiger partial charge in [-0.15, -0.1) is 0 Å². The van der Waals surface area contributed by atoms with Gasteiger partial charge in [0, 0.05) is 18.7 Å². The maximum absolute atomic E-state index is 12.5. The Morgan fingerprint density at radius 1 is 1.18 bits per heavy atom. The number of benzene rings is 1. The van der Waals surface area contributed by atoms with Crippen molar-refractivity contribution in [2.45, 2.75) is 12.5 Å². The van der Waals surface area contributed by atoms with Crippen molar-refractivity contribution in [3.05, 3.63) is 23.8 Å². The summed E-state index contributed by atoms with van der Waals surface area (Å²) in [5.74, 6) is 0.107. The average molecular weight is 307 g/mol. The minimum absolute atomic E-state index is 0.106. The van der Waals surface area contributed by atoms with E-state index in [1.807, 2.05) is 0 Å². The summed E-state index contributed by atoms with van der Waals surface area (Å²) in [6.45, 7) is 2.03. The number of rotatable bonds is 3. The van der Waals surface area contributed by atoms with Gasteiger partial charge < -0.3 is 24.2 Å². The molecule has 1 amide bonds.